The molecule has 0 aliphatic carbocycles. The standard InChI is InChI=1S/C19H18NO2P/c21-23(22)20-19(16-10-4-1-5-11-16,17-12-6-2-7-13-17)18-14-8-3-9-15-18/h1-15,20-22H. The third-order valence-electron chi connectivity index (χ3n) is 3.89. The minimum atomic E-state index is -2.31. The summed E-state index contributed by atoms with van der Waals surface area (Å²) in [7, 11) is -2.31. The van der Waals surface area contributed by atoms with Crippen molar-refractivity contribution in [3.8, 4) is 0 Å². The van der Waals surface area contributed by atoms with Gasteiger partial charge in [-0.2, -0.15) is 0 Å². The minimum Gasteiger partial charge on any atom is -0.338 e. The highest BCUT2D eigenvalue weighted by Crippen LogP contribution is 2.41. The van der Waals surface area contributed by atoms with Crippen molar-refractivity contribution < 1.29 is 9.79 Å². The molecule has 0 saturated heterocycles. The first-order valence-electron chi connectivity index (χ1n) is 7.36. The van der Waals surface area contributed by atoms with Crippen molar-refractivity contribution in [2.75, 3.05) is 0 Å². The van der Waals surface area contributed by atoms with Gasteiger partial charge in [0.2, 0.25) is 0 Å². The molecule has 3 aromatic rings. The van der Waals surface area contributed by atoms with Crippen LogP contribution in [0.2, 0.25) is 0 Å². The van der Waals surface area contributed by atoms with Gasteiger partial charge in [0.05, 0.1) is 0 Å². The van der Waals surface area contributed by atoms with Crippen LogP contribution in [0.15, 0.2) is 91.0 Å². The lowest BCUT2D eigenvalue weighted by atomic mass is 9.78. The van der Waals surface area contributed by atoms with Crippen LogP contribution in [0.25, 0.3) is 0 Å². The highest BCUT2D eigenvalue weighted by Gasteiger charge is 2.37. The molecular weight excluding hydrogens is 305 g/mol. The van der Waals surface area contributed by atoms with Crippen molar-refractivity contribution in [3.63, 3.8) is 0 Å². The molecule has 0 aromatic heterocycles. The number of hydrogen-bond acceptors (Lipinski definition) is 3. The lowest BCUT2D eigenvalue weighted by Gasteiger charge is -2.37. The molecule has 0 radical (unpaired) electrons. The van der Waals surface area contributed by atoms with E-state index < -0.39 is 14.1 Å². The van der Waals surface area contributed by atoms with E-state index in [9.17, 15) is 9.79 Å². The van der Waals surface area contributed by atoms with Crippen LogP contribution in [0.5, 0.6) is 0 Å². The van der Waals surface area contributed by atoms with Gasteiger partial charge in [-0.3, -0.25) is 0 Å². The number of benzene rings is 3. The Morgan fingerprint density at radius 1 is 0.565 bits per heavy atom. The molecule has 0 amide bonds. The topological polar surface area (TPSA) is 52.5 Å². The first kappa shape index (κ1) is 15.9. The summed E-state index contributed by atoms with van der Waals surface area (Å²) < 4.78 is 0. The molecule has 0 aliphatic rings. The predicted octanol–water partition coefficient (Wildman–Crippen LogP) is 3.78. The molecule has 3 aromatic carbocycles. The molecule has 3 nitrogen and oxygen atoms in total. The Balaban J connectivity index is 2.30. The Morgan fingerprint density at radius 2 is 0.870 bits per heavy atom. The summed E-state index contributed by atoms with van der Waals surface area (Å²) in [6, 6.07) is 29.5. The van der Waals surface area contributed by atoms with Gasteiger partial charge >= 0.3 is 0 Å². The van der Waals surface area contributed by atoms with Gasteiger partial charge in [0.1, 0.15) is 5.54 Å². The maximum Gasteiger partial charge on any atom is 0.251 e. The van der Waals surface area contributed by atoms with Crippen molar-refractivity contribution in [3.05, 3.63) is 108 Å². The van der Waals surface area contributed by atoms with Crippen LogP contribution in [0.4, 0.5) is 0 Å². The summed E-state index contributed by atoms with van der Waals surface area (Å²) in [6.07, 6.45) is 0. The normalized spacial score (nSPS) is 11.6. The number of hydrogen-bond donors (Lipinski definition) is 3. The number of rotatable bonds is 5. The maximum absolute atomic E-state index is 9.78. The summed E-state index contributed by atoms with van der Waals surface area (Å²) in [5.41, 5.74) is 2.04. The van der Waals surface area contributed by atoms with Crippen LogP contribution in [-0.2, 0) is 5.54 Å². The SMILES string of the molecule is OP(O)NC(c1ccccc1)(c1ccccc1)c1ccccc1. The quantitative estimate of drug-likeness (QED) is 0.495. The Morgan fingerprint density at radius 3 is 1.13 bits per heavy atom. The van der Waals surface area contributed by atoms with Gasteiger partial charge in [0.25, 0.3) is 8.53 Å². The fourth-order valence-corrected chi connectivity index (χ4v) is 3.60. The number of nitrogens with one attached hydrogen (secondary N) is 1. The molecule has 3 N–H and O–H groups in total. The maximum atomic E-state index is 9.78. The van der Waals surface area contributed by atoms with Crippen molar-refractivity contribution in [2.24, 2.45) is 0 Å². The van der Waals surface area contributed by atoms with E-state index in [0.717, 1.165) is 16.7 Å². The Labute approximate surface area is 137 Å². The zero-order valence-corrected chi connectivity index (χ0v) is 13.4. The molecule has 3 rings (SSSR count). The third-order valence-corrected chi connectivity index (χ3v) is 4.42. The van der Waals surface area contributed by atoms with Gasteiger partial charge < -0.3 is 9.79 Å². The Hall–Kier alpha value is -2.03. The molecule has 0 bridgehead atoms. The summed E-state index contributed by atoms with van der Waals surface area (Å²) in [5.74, 6) is 0. The highest BCUT2D eigenvalue weighted by molar-refractivity contribution is 7.42. The van der Waals surface area contributed by atoms with Crippen LogP contribution in [0.1, 0.15) is 16.7 Å². The lowest BCUT2D eigenvalue weighted by Crippen LogP contribution is -2.41. The highest BCUT2D eigenvalue weighted by atomic mass is 31.2. The van der Waals surface area contributed by atoms with E-state index >= 15 is 0 Å². The van der Waals surface area contributed by atoms with Crippen LogP contribution in [0.3, 0.4) is 0 Å². The van der Waals surface area contributed by atoms with Crippen LogP contribution in [0, 0.1) is 0 Å². The smallest absolute Gasteiger partial charge is 0.251 e. The van der Waals surface area contributed by atoms with E-state index in [-0.39, 0.29) is 0 Å². The molecule has 23 heavy (non-hydrogen) atoms. The van der Waals surface area contributed by atoms with E-state index in [0.29, 0.717) is 0 Å². The minimum absolute atomic E-state index is 0.820. The van der Waals surface area contributed by atoms with Crippen LogP contribution in [-0.4, -0.2) is 9.79 Å². The second-order valence-electron chi connectivity index (χ2n) is 5.25. The average molecular weight is 323 g/mol. The van der Waals surface area contributed by atoms with E-state index in [4.69, 9.17) is 0 Å². The summed E-state index contributed by atoms with van der Waals surface area (Å²) in [6.45, 7) is 0. The molecule has 116 valence electrons. The summed E-state index contributed by atoms with van der Waals surface area (Å²) in [4.78, 5) is 19.6. The van der Waals surface area contributed by atoms with E-state index in [1.807, 2.05) is 91.0 Å². The van der Waals surface area contributed by atoms with Gasteiger partial charge in [-0.15, -0.1) is 0 Å². The molecule has 0 atom stereocenters. The molecule has 0 saturated carbocycles. The van der Waals surface area contributed by atoms with E-state index in [1.165, 1.54) is 0 Å². The second-order valence-corrected chi connectivity index (χ2v) is 6.05. The van der Waals surface area contributed by atoms with Gasteiger partial charge in [0.15, 0.2) is 0 Å². The molecular formula is C19H18NO2P. The summed E-state index contributed by atoms with van der Waals surface area (Å²) >= 11 is 0. The predicted molar refractivity (Wildman–Crippen MR) is 93.7 cm³/mol. The van der Waals surface area contributed by atoms with Crippen molar-refractivity contribution in [1.29, 1.82) is 0 Å². The van der Waals surface area contributed by atoms with Gasteiger partial charge in [-0.1, -0.05) is 91.0 Å². The Kier molecular flexibility index (Phi) is 4.85. The van der Waals surface area contributed by atoms with Crippen LogP contribution < -0.4 is 5.09 Å². The third kappa shape index (κ3) is 3.19. The molecule has 0 spiro atoms. The fourth-order valence-electron chi connectivity index (χ4n) is 2.91. The van der Waals surface area contributed by atoms with Crippen molar-refractivity contribution >= 4 is 8.53 Å². The molecule has 4 heteroatoms. The van der Waals surface area contributed by atoms with E-state index in [1.54, 1.807) is 0 Å². The molecule has 0 heterocycles. The fraction of sp³-hybridized carbons (Fsp3) is 0.0526. The zero-order valence-electron chi connectivity index (χ0n) is 12.5. The Bertz CT molecular complexity index is 636. The first-order chi connectivity index (χ1) is 11.2. The first-order valence-corrected chi connectivity index (χ1v) is 8.60. The van der Waals surface area contributed by atoms with Gasteiger partial charge in [-0.25, -0.2) is 5.09 Å². The lowest BCUT2D eigenvalue weighted by molar-refractivity contribution is 0.433. The molecule has 0 fully saturated rings. The van der Waals surface area contributed by atoms with Crippen molar-refractivity contribution in [1.82, 2.24) is 5.09 Å². The molecule has 0 aliphatic heterocycles. The van der Waals surface area contributed by atoms with Gasteiger partial charge in [-0.05, 0) is 16.7 Å². The average Bonchev–Trinajstić information content (AvgIpc) is 2.62. The van der Waals surface area contributed by atoms with E-state index in [2.05, 4.69) is 5.09 Å². The second kappa shape index (κ2) is 7.03. The van der Waals surface area contributed by atoms with Crippen LogP contribution >= 0.6 is 8.53 Å². The largest absolute Gasteiger partial charge is 0.338 e. The summed E-state index contributed by atoms with van der Waals surface area (Å²) in [5, 5.41) is 3.02. The zero-order chi connectivity index (χ0) is 16.1. The van der Waals surface area contributed by atoms with Crippen molar-refractivity contribution in [2.45, 2.75) is 5.54 Å². The monoisotopic (exact) mass is 323 g/mol. The van der Waals surface area contributed by atoms with Gasteiger partial charge in [0, 0.05) is 0 Å². The molecule has 0 unspecified atom stereocenters.